The van der Waals surface area contributed by atoms with E-state index in [1.807, 2.05) is 20.1 Å². The van der Waals surface area contributed by atoms with E-state index in [2.05, 4.69) is 10.6 Å². The van der Waals surface area contributed by atoms with Gasteiger partial charge in [0.2, 0.25) is 5.91 Å². The van der Waals surface area contributed by atoms with Crippen LogP contribution in [-0.2, 0) is 9.59 Å². The lowest BCUT2D eigenvalue weighted by atomic mass is 10.0. The van der Waals surface area contributed by atoms with Gasteiger partial charge in [0.05, 0.1) is 0 Å². The standard InChI is InChI=1S/C12H23N3O4S/c1-7(2)6-9(11(17)18)14-10(16)8(4-5-20-3)15-12(13)19/h7-9H,4-6H2,1-3H3,(H,14,16)(H,17,18)(H3,13,15,19)/t8?,9-/m1/s1. The van der Waals surface area contributed by atoms with E-state index in [1.54, 1.807) is 0 Å². The molecule has 8 heteroatoms. The Balaban J connectivity index is 4.68. The van der Waals surface area contributed by atoms with E-state index in [9.17, 15) is 14.4 Å². The molecule has 2 atom stereocenters. The molecule has 0 aliphatic heterocycles. The third-order valence-corrected chi connectivity index (χ3v) is 3.21. The summed E-state index contributed by atoms with van der Waals surface area (Å²) in [4.78, 5) is 34.0. The zero-order valence-corrected chi connectivity index (χ0v) is 12.8. The number of hydrogen-bond donors (Lipinski definition) is 4. The normalized spacial score (nSPS) is 13.6. The molecule has 5 N–H and O–H groups in total. The Labute approximate surface area is 123 Å². The molecule has 0 rings (SSSR count). The van der Waals surface area contributed by atoms with Gasteiger partial charge < -0.3 is 21.5 Å². The monoisotopic (exact) mass is 305 g/mol. The Kier molecular flexibility index (Phi) is 8.78. The molecule has 0 aliphatic rings. The van der Waals surface area contributed by atoms with E-state index in [1.165, 1.54) is 11.8 Å². The maximum absolute atomic E-state index is 12.0. The highest BCUT2D eigenvalue weighted by Crippen LogP contribution is 2.07. The van der Waals surface area contributed by atoms with E-state index in [4.69, 9.17) is 10.8 Å². The second-order valence-corrected chi connectivity index (χ2v) is 5.86. The molecule has 0 aromatic carbocycles. The van der Waals surface area contributed by atoms with E-state index < -0.39 is 30.0 Å². The van der Waals surface area contributed by atoms with E-state index in [0.717, 1.165) is 0 Å². The highest BCUT2D eigenvalue weighted by molar-refractivity contribution is 7.98. The topological polar surface area (TPSA) is 122 Å². The van der Waals surface area contributed by atoms with Crippen LogP contribution in [0.1, 0.15) is 26.7 Å². The highest BCUT2D eigenvalue weighted by Gasteiger charge is 2.26. The summed E-state index contributed by atoms with van der Waals surface area (Å²) in [7, 11) is 0. The fraction of sp³-hybridized carbons (Fsp3) is 0.750. The van der Waals surface area contributed by atoms with Crippen LogP contribution in [0.15, 0.2) is 0 Å². The Morgan fingerprint density at radius 2 is 1.80 bits per heavy atom. The average molecular weight is 305 g/mol. The number of nitrogens with two attached hydrogens (primary N) is 1. The van der Waals surface area contributed by atoms with Crippen LogP contribution >= 0.6 is 11.8 Å². The molecule has 0 saturated carbocycles. The number of carbonyl (C=O) groups excluding carboxylic acids is 2. The molecular weight excluding hydrogens is 282 g/mol. The Morgan fingerprint density at radius 3 is 2.20 bits per heavy atom. The fourth-order valence-corrected chi connectivity index (χ4v) is 2.11. The van der Waals surface area contributed by atoms with Crippen LogP contribution in [0.3, 0.4) is 0 Å². The molecule has 1 unspecified atom stereocenters. The number of carboxylic acid groups (broad SMARTS) is 1. The fourth-order valence-electron chi connectivity index (χ4n) is 1.64. The van der Waals surface area contributed by atoms with Crippen molar-refractivity contribution in [2.24, 2.45) is 11.7 Å². The molecule has 0 aromatic rings. The summed E-state index contributed by atoms with van der Waals surface area (Å²) in [5, 5.41) is 13.9. The van der Waals surface area contributed by atoms with Crippen molar-refractivity contribution in [3.8, 4) is 0 Å². The molecule has 0 saturated heterocycles. The number of primary amides is 1. The number of amides is 3. The molecule has 0 aliphatic carbocycles. The van der Waals surface area contributed by atoms with Crippen molar-refractivity contribution in [2.45, 2.75) is 38.8 Å². The highest BCUT2D eigenvalue weighted by atomic mass is 32.2. The van der Waals surface area contributed by atoms with Crippen molar-refractivity contribution in [1.29, 1.82) is 0 Å². The number of carbonyl (C=O) groups is 3. The van der Waals surface area contributed by atoms with Gasteiger partial charge in [-0.1, -0.05) is 13.8 Å². The number of aliphatic carboxylic acids is 1. The van der Waals surface area contributed by atoms with Crippen molar-refractivity contribution in [3.63, 3.8) is 0 Å². The van der Waals surface area contributed by atoms with Crippen LogP contribution in [0.4, 0.5) is 4.79 Å². The quantitative estimate of drug-likeness (QED) is 0.491. The minimum Gasteiger partial charge on any atom is -0.480 e. The number of thioether (sulfide) groups is 1. The summed E-state index contributed by atoms with van der Waals surface area (Å²) >= 11 is 1.52. The number of hydrogen-bond acceptors (Lipinski definition) is 4. The Hall–Kier alpha value is -1.44. The molecule has 0 aromatic heterocycles. The molecule has 7 nitrogen and oxygen atoms in total. The third-order valence-electron chi connectivity index (χ3n) is 2.57. The lowest BCUT2D eigenvalue weighted by molar-refractivity contribution is -0.142. The molecule has 116 valence electrons. The van der Waals surface area contributed by atoms with Crippen LogP contribution in [0.5, 0.6) is 0 Å². The van der Waals surface area contributed by atoms with Gasteiger partial charge in [0.15, 0.2) is 0 Å². The smallest absolute Gasteiger partial charge is 0.326 e. The lowest BCUT2D eigenvalue weighted by Gasteiger charge is -2.21. The van der Waals surface area contributed by atoms with Gasteiger partial charge in [-0.25, -0.2) is 9.59 Å². The summed E-state index contributed by atoms with van der Waals surface area (Å²) in [5.74, 6) is -0.828. The van der Waals surface area contributed by atoms with Crippen molar-refractivity contribution in [3.05, 3.63) is 0 Å². The van der Waals surface area contributed by atoms with Crippen molar-refractivity contribution in [2.75, 3.05) is 12.0 Å². The van der Waals surface area contributed by atoms with Crippen LogP contribution in [0.25, 0.3) is 0 Å². The van der Waals surface area contributed by atoms with Crippen LogP contribution in [-0.4, -0.2) is 47.1 Å². The van der Waals surface area contributed by atoms with Gasteiger partial charge in [-0.15, -0.1) is 0 Å². The molecule has 20 heavy (non-hydrogen) atoms. The maximum Gasteiger partial charge on any atom is 0.326 e. The molecule has 3 amide bonds. The predicted octanol–water partition coefficient (Wildman–Crippen LogP) is 0.392. The Bertz CT molecular complexity index is 350. The van der Waals surface area contributed by atoms with Gasteiger partial charge in [-0.2, -0.15) is 11.8 Å². The SMILES string of the molecule is CSCCC(NC(N)=O)C(=O)N[C@H](CC(C)C)C(=O)O. The summed E-state index contributed by atoms with van der Waals surface area (Å²) in [5.41, 5.74) is 5.02. The number of carboxylic acids is 1. The van der Waals surface area contributed by atoms with Crippen LogP contribution in [0, 0.1) is 5.92 Å². The van der Waals surface area contributed by atoms with Gasteiger partial charge in [0.25, 0.3) is 0 Å². The maximum atomic E-state index is 12.0. The summed E-state index contributed by atoms with van der Waals surface area (Å²) in [6, 6.07) is -2.58. The first-order valence-electron chi connectivity index (χ1n) is 6.36. The molecule has 0 radical (unpaired) electrons. The zero-order valence-electron chi connectivity index (χ0n) is 12.0. The molecule has 0 fully saturated rings. The minimum atomic E-state index is -1.09. The zero-order chi connectivity index (χ0) is 15.7. The van der Waals surface area contributed by atoms with Crippen molar-refractivity contribution >= 4 is 29.7 Å². The number of rotatable bonds is 9. The number of nitrogens with one attached hydrogen (secondary N) is 2. The second-order valence-electron chi connectivity index (χ2n) is 4.87. The molecule has 0 bridgehead atoms. The van der Waals surface area contributed by atoms with Gasteiger partial charge in [0, 0.05) is 0 Å². The number of urea groups is 1. The average Bonchev–Trinajstić information content (AvgIpc) is 2.32. The first-order chi connectivity index (χ1) is 9.27. The van der Waals surface area contributed by atoms with Crippen molar-refractivity contribution in [1.82, 2.24) is 10.6 Å². The lowest BCUT2D eigenvalue weighted by Crippen LogP contribution is -2.53. The first-order valence-corrected chi connectivity index (χ1v) is 7.75. The summed E-state index contributed by atoms with van der Waals surface area (Å²) < 4.78 is 0. The van der Waals surface area contributed by atoms with Crippen molar-refractivity contribution < 1.29 is 19.5 Å². The van der Waals surface area contributed by atoms with Gasteiger partial charge in [-0.05, 0) is 30.8 Å². The van der Waals surface area contributed by atoms with Gasteiger partial charge >= 0.3 is 12.0 Å². The molecular formula is C12H23N3O4S. The van der Waals surface area contributed by atoms with Crippen LogP contribution in [0.2, 0.25) is 0 Å². The summed E-state index contributed by atoms with van der Waals surface area (Å²) in [6.07, 6.45) is 2.59. The van der Waals surface area contributed by atoms with E-state index >= 15 is 0 Å². The second kappa shape index (κ2) is 9.46. The summed E-state index contributed by atoms with van der Waals surface area (Å²) in [6.45, 7) is 3.74. The molecule has 0 spiro atoms. The largest absolute Gasteiger partial charge is 0.480 e. The Morgan fingerprint density at radius 1 is 1.20 bits per heavy atom. The van der Waals surface area contributed by atoms with E-state index in [-0.39, 0.29) is 5.92 Å². The molecule has 0 heterocycles. The predicted molar refractivity (Wildman–Crippen MR) is 78.5 cm³/mol. The van der Waals surface area contributed by atoms with Gasteiger partial charge in [-0.3, -0.25) is 4.79 Å². The van der Waals surface area contributed by atoms with Gasteiger partial charge in [0.1, 0.15) is 12.1 Å². The van der Waals surface area contributed by atoms with E-state index in [0.29, 0.717) is 18.6 Å². The van der Waals surface area contributed by atoms with Crippen LogP contribution < -0.4 is 16.4 Å². The minimum absolute atomic E-state index is 0.130. The first kappa shape index (κ1) is 18.6. The third kappa shape index (κ3) is 7.88.